The first-order chi connectivity index (χ1) is 18.3. The van der Waals surface area contributed by atoms with E-state index in [1.807, 2.05) is 0 Å². The van der Waals surface area contributed by atoms with Crippen LogP contribution >= 0.6 is 0 Å². The number of nitrogens with one attached hydrogen (secondary N) is 1. The summed E-state index contributed by atoms with van der Waals surface area (Å²) in [5, 5.41) is 14.5. The van der Waals surface area contributed by atoms with Crippen molar-refractivity contribution in [1.29, 1.82) is 0 Å². The highest BCUT2D eigenvalue weighted by Gasteiger charge is 2.71. The minimum atomic E-state index is -0.182. The maximum absolute atomic E-state index is 14.2. The SMILES string of the molecule is CC(C)[C@@H]1CC[C@]2(C(=O)NCC3CCCO3)CC[C@]3(C)[C@H](CC[C@@H]4[C@@]5(C)CC[C@H](O)C(C)(C)[C@@H]5CC[C@]43C)[C@@H]12. The van der Waals surface area contributed by atoms with Gasteiger partial charge in [-0.2, -0.15) is 0 Å². The van der Waals surface area contributed by atoms with Crippen LogP contribution in [0.2, 0.25) is 0 Å². The lowest BCUT2D eigenvalue weighted by Crippen LogP contribution is -2.67. The minimum absolute atomic E-state index is 0.00309. The Bertz CT molecular complexity index is 956. The van der Waals surface area contributed by atoms with Crippen LogP contribution in [-0.2, 0) is 9.53 Å². The number of amides is 1. The second-order valence-corrected chi connectivity index (χ2v) is 17.0. The standard InChI is InChI=1S/C35H59NO3/c1-22(2)24-12-17-35(30(38)36-21-23-9-8-20-39-23)19-18-33(6)25(29(24)35)10-11-27-32(5)15-14-28(37)31(3,4)26(32)13-16-34(27,33)7/h22-29,37H,8-21H2,1-7H3,(H,36,38)/t23?,24-,25+,26-,27+,28-,29+,32-,33+,34+,35-/m0/s1. The molecule has 0 radical (unpaired) electrons. The number of carbonyl (C=O) groups excluding carboxylic acids is 1. The number of hydrogen-bond donors (Lipinski definition) is 2. The second kappa shape index (κ2) is 9.45. The fraction of sp³-hybridized carbons (Fsp3) is 0.971. The molecule has 0 aromatic carbocycles. The van der Waals surface area contributed by atoms with Crippen LogP contribution in [0.3, 0.4) is 0 Å². The molecule has 0 spiro atoms. The zero-order valence-electron chi connectivity index (χ0n) is 26.3. The van der Waals surface area contributed by atoms with Crippen LogP contribution in [0.4, 0.5) is 0 Å². The Labute approximate surface area is 239 Å². The normalized spacial score (nSPS) is 52.5. The molecule has 1 unspecified atom stereocenters. The molecule has 5 saturated carbocycles. The van der Waals surface area contributed by atoms with Gasteiger partial charge in [-0.3, -0.25) is 4.79 Å². The highest BCUT2D eigenvalue weighted by atomic mass is 16.5. The van der Waals surface area contributed by atoms with Crippen molar-refractivity contribution in [3.63, 3.8) is 0 Å². The zero-order valence-corrected chi connectivity index (χ0v) is 26.3. The van der Waals surface area contributed by atoms with E-state index in [1.165, 1.54) is 44.9 Å². The number of aliphatic hydroxyl groups is 1. The van der Waals surface area contributed by atoms with Gasteiger partial charge in [0.25, 0.3) is 0 Å². The Morgan fingerprint density at radius 3 is 2.33 bits per heavy atom. The van der Waals surface area contributed by atoms with E-state index in [9.17, 15) is 9.90 Å². The number of hydrogen-bond acceptors (Lipinski definition) is 3. The first-order valence-electron chi connectivity index (χ1n) is 16.9. The summed E-state index contributed by atoms with van der Waals surface area (Å²) in [6, 6.07) is 0. The number of ether oxygens (including phenoxy) is 1. The largest absolute Gasteiger partial charge is 0.393 e. The highest BCUT2D eigenvalue weighted by Crippen LogP contribution is 2.77. The van der Waals surface area contributed by atoms with Crippen molar-refractivity contribution in [2.24, 2.45) is 62.6 Å². The van der Waals surface area contributed by atoms with Gasteiger partial charge in [0.05, 0.1) is 17.6 Å². The molecule has 4 heteroatoms. The van der Waals surface area contributed by atoms with Gasteiger partial charge in [-0.25, -0.2) is 0 Å². The van der Waals surface area contributed by atoms with Crippen LogP contribution in [0.25, 0.3) is 0 Å². The van der Waals surface area contributed by atoms with Crippen molar-refractivity contribution in [3.05, 3.63) is 0 Å². The minimum Gasteiger partial charge on any atom is -0.393 e. The van der Waals surface area contributed by atoms with Crippen molar-refractivity contribution < 1.29 is 14.6 Å². The molecule has 1 heterocycles. The zero-order chi connectivity index (χ0) is 28.0. The average Bonchev–Trinajstić information content (AvgIpc) is 3.54. The molecule has 39 heavy (non-hydrogen) atoms. The molecule has 5 aliphatic carbocycles. The molecule has 6 aliphatic rings. The molecule has 11 atom stereocenters. The topological polar surface area (TPSA) is 58.6 Å². The van der Waals surface area contributed by atoms with Gasteiger partial charge in [-0.05, 0) is 134 Å². The molecule has 6 rings (SSSR count). The van der Waals surface area contributed by atoms with E-state index < -0.39 is 0 Å². The van der Waals surface area contributed by atoms with Crippen LogP contribution in [0.5, 0.6) is 0 Å². The van der Waals surface area contributed by atoms with Gasteiger partial charge < -0.3 is 15.2 Å². The fourth-order valence-corrected chi connectivity index (χ4v) is 13.0. The molecule has 1 saturated heterocycles. The fourth-order valence-electron chi connectivity index (χ4n) is 13.0. The molecule has 0 aromatic rings. The Hall–Kier alpha value is -0.610. The molecule has 6 fully saturated rings. The molecular weight excluding hydrogens is 482 g/mol. The first-order valence-corrected chi connectivity index (χ1v) is 16.9. The van der Waals surface area contributed by atoms with E-state index in [2.05, 4.69) is 53.8 Å². The van der Waals surface area contributed by atoms with Gasteiger partial charge in [0.1, 0.15) is 0 Å². The summed E-state index contributed by atoms with van der Waals surface area (Å²) in [7, 11) is 0. The molecule has 4 nitrogen and oxygen atoms in total. The van der Waals surface area contributed by atoms with Crippen LogP contribution in [0.15, 0.2) is 0 Å². The van der Waals surface area contributed by atoms with Crippen LogP contribution < -0.4 is 5.32 Å². The molecule has 1 amide bonds. The lowest BCUT2D eigenvalue weighted by molar-refractivity contribution is -0.248. The van der Waals surface area contributed by atoms with Gasteiger partial charge in [-0.15, -0.1) is 0 Å². The van der Waals surface area contributed by atoms with E-state index in [4.69, 9.17) is 4.74 Å². The van der Waals surface area contributed by atoms with E-state index in [0.29, 0.717) is 52.9 Å². The monoisotopic (exact) mass is 541 g/mol. The maximum atomic E-state index is 14.2. The second-order valence-electron chi connectivity index (χ2n) is 17.0. The molecular formula is C35H59NO3. The summed E-state index contributed by atoms with van der Waals surface area (Å²) >= 11 is 0. The van der Waals surface area contributed by atoms with Gasteiger partial charge in [-0.1, -0.05) is 48.5 Å². The number of fused-ring (bicyclic) bond motifs is 7. The van der Waals surface area contributed by atoms with Crippen molar-refractivity contribution in [1.82, 2.24) is 5.32 Å². The van der Waals surface area contributed by atoms with Crippen LogP contribution in [0, 0.1) is 62.6 Å². The summed E-state index contributed by atoms with van der Waals surface area (Å²) in [5.41, 5.74) is 0.723. The third-order valence-electron chi connectivity index (χ3n) is 15.3. The van der Waals surface area contributed by atoms with E-state index >= 15 is 0 Å². The Balaban J connectivity index is 1.32. The predicted octanol–water partition coefficient (Wildman–Crippen LogP) is 7.38. The molecule has 1 aliphatic heterocycles. The van der Waals surface area contributed by atoms with Crippen molar-refractivity contribution in [2.75, 3.05) is 13.2 Å². The van der Waals surface area contributed by atoms with Gasteiger partial charge in [0, 0.05) is 13.2 Å². The summed E-state index contributed by atoms with van der Waals surface area (Å²) in [5.74, 6) is 4.11. The van der Waals surface area contributed by atoms with Crippen molar-refractivity contribution in [2.45, 2.75) is 138 Å². The average molecular weight is 542 g/mol. The number of carbonyl (C=O) groups is 1. The number of aliphatic hydroxyl groups excluding tert-OH is 1. The molecule has 0 aromatic heterocycles. The van der Waals surface area contributed by atoms with Crippen molar-refractivity contribution in [3.8, 4) is 0 Å². The molecule has 222 valence electrons. The Morgan fingerprint density at radius 2 is 1.64 bits per heavy atom. The third kappa shape index (κ3) is 3.84. The summed E-state index contributed by atoms with van der Waals surface area (Å²) in [6.45, 7) is 19.1. The smallest absolute Gasteiger partial charge is 0.226 e. The predicted molar refractivity (Wildman–Crippen MR) is 157 cm³/mol. The molecule has 2 N–H and O–H groups in total. The first kappa shape index (κ1) is 28.5. The van der Waals surface area contributed by atoms with Gasteiger partial charge in [0.15, 0.2) is 0 Å². The van der Waals surface area contributed by atoms with E-state index in [1.54, 1.807) is 0 Å². The Kier molecular flexibility index (Phi) is 6.91. The lowest BCUT2D eigenvalue weighted by atomic mass is 9.32. The summed E-state index contributed by atoms with van der Waals surface area (Å²) in [4.78, 5) is 14.2. The van der Waals surface area contributed by atoms with Crippen LogP contribution in [0.1, 0.15) is 126 Å². The molecule has 0 bridgehead atoms. The van der Waals surface area contributed by atoms with Gasteiger partial charge in [0.2, 0.25) is 5.91 Å². The third-order valence-corrected chi connectivity index (χ3v) is 15.3. The Morgan fingerprint density at radius 1 is 0.872 bits per heavy atom. The van der Waals surface area contributed by atoms with Crippen molar-refractivity contribution >= 4 is 5.91 Å². The highest BCUT2D eigenvalue weighted by molar-refractivity contribution is 5.83. The number of rotatable bonds is 4. The van der Waals surface area contributed by atoms with Crippen LogP contribution in [-0.4, -0.2) is 36.4 Å². The van der Waals surface area contributed by atoms with Gasteiger partial charge >= 0.3 is 0 Å². The van der Waals surface area contributed by atoms with E-state index in [-0.39, 0.29) is 28.5 Å². The summed E-state index contributed by atoms with van der Waals surface area (Å²) in [6.07, 6.45) is 14.1. The maximum Gasteiger partial charge on any atom is 0.226 e. The lowest BCUT2D eigenvalue weighted by Gasteiger charge is -2.73. The quantitative estimate of drug-likeness (QED) is 0.390. The van der Waals surface area contributed by atoms with E-state index in [0.717, 1.165) is 44.6 Å². The summed E-state index contributed by atoms with van der Waals surface area (Å²) < 4.78 is 5.88.